The Morgan fingerprint density at radius 1 is 1.28 bits per heavy atom. The SMILES string of the molecule is COCCN1CCCC[C@@H]1c1nc(N)ncc1-c1cccc(OC)c1. The summed E-state index contributed by atoms with van der Waals surface area (Å²) in [6.07, 6.45) is 5.29. The smallest absolute Gasteiger partial charge is 0.220 e. The number of ether oxygens (including phenoxy) is 2. The van der Waals surface area contributed by atoms with Crippen molar-refractivity contribution in [2.24, 2.45) is 0 Å². The molecule has 0 amide bonds. The molecule has 1 aliphatic rings. The Hall–Kier alpha value is -2.18. The summed E-state index contributed by atoms with van der Waals surface area (Å²) in [6.45, 7) is 2.66. The second kappa shape index (κ2) is 8.27. The van der Waals surface area contributed by atoms with Crippen molar-refractivity contribution in [3.8, 4) is 16.9 Å². The van der Waals surface area contributed by atoms with Crippen molar-refractivity contribution < 1.29 is 9.47 Å². The normalized spacial score (nSPS) is 18.2. The Balaban J connectivity index is 2.00. The van der Waals surface area contributed by atoms with Crippen LogP contribution in [0, 0.1) is 0 Å². The minimum atomic E-state index is 0.232. The molecule has 1 aromatic heterocycles. The van der Waals surface area contributed by atoms with Crippen LogP contribution in [-0.2, 0) is 4.74 Å². The zero-order chi connectivity index (χ0) is 17.6. The van der Waals surface area contributed by atoms with Crippen LogP contribution in [0.3, 0.4) is 0 Å². The lowest BCUT2D eigenvalue weighted by Gasteiger charge is -2.36. The maximum absolute atomic E-state index is 5.92. The third-order valence-electron chi connectivity index (χ3n) is 4.73. The van der Waals surface area contributed by atoms with Gasteiger partial charge < -0.3 is 15.2 Å². The van der Waals surface area contributed by atoms with Crippen LogP contribution in [0.1, 0.15) is 31.0 Å². The molecule has 0 saturated carbocycles. The summed E-state index contributed by atoms with van der Waals surface area (Å²) in [7, 11) is 3.41. The molecule has 6 nitrogen and oxygen atoms in total. The van der Waals surface area contributed by atoms with E-state index in [0.717, 1.165) is 42.1 Å². The predicted octanol–water partition coefficient (Wildman–Crippen LogP) is 2.91. The lowest BCUT2D eigenvalue weighted by molar-refractivity contribution is 0.0945. The van der Waals surface area contributed by atoms with Gasteiger partial charge in [-0.05, 0) is 37.1 Å². The fraction of sp³-hybridized carbons (Fsp3) is 0.474. The molecule has 2 N–H and O–H groups in total. The van der Waals surface area contributed by atoms with Gasteiger partial charge in [-0.15, -0.1) is 0 Å². The lowest BCUT2D eigenvalue weighted by atomic mass is 9.94. The van der Waals surface area contributed by atoms with E-state index in [2.05, 4.69) is 20.9 Å². The largest absolute Gasteiger partial charge is 0.497 e. The molecule has 0 radical (unpaired) electrons. The lowest BCUT2D eigenvalue weighted by Crippen LogP contribution is -2.36. The standard InChI is InChI=1S/C19H26N4O2/c1-24-11-10-23-9-4-3-8-17(23)18-16(13-21-19(20)22-18)14-6-5-7-15(12-14)25-2/h5-7,12-13,17H,3-4,8-11H2,1-2H3,(H2,20,21,22)/t17-/m1/s1. The van der Waals surface area contributed by atoms with Gasteiger partial charge in [-0.2, -0.15) is 0 Å². The number of piperidine rings is 1. The van der Waals surface area contributed by atoms with Crippen LogP contribution < -0.4 is 10.5 Å². The summed E-state index contributed by atoms with van der Waals surface area (Å²) in [6, 6.07) is 8.23. The van der Waals surface area contributed by atoms with E-state index in [-0.39, 0.29) is 6.04 Å². The first-order chi connectivity index (χ1) is 12.2. The molecule has 25 heavy (non-hydrogen) atoms. The molecule has 2 heterocycles. The molecule has 134 valence electrons. The maximum Gasteiger partial charge on any atom is 0.220 e. The third kappa shape index (κ3) is 4.08. The highest BCUT2D eigenvalue weighted by Crippen LogP contribution is 2.36. The summed E-state index contributed by atoms with van der Waals surface area (Å²) in [4.78, 5) is 11.3. The summed E-state index contributed by atoms with van der Waals surface area (Å²) < 4.78 is 10.6. The van der Waals surface area contributed by atoms with Crippen LogP contribution >= 0.6 is 0 Å². The first kappa shape index (κ1) is 17.6. The number of nitrogen functional groups attached to an aromatic ring is 1. The van der Waals surface area contributed by atoms with Gasteiger partial charge in [-0.25, -0.2) is 9.97 Å². The second-order valence-electron chi connectivity index (χ2n) is 6.30. The highest BCUT2D eigenvalue weighted by molar-refractivity contribution is 5.67. The van der Waals surface area contributed by atoms with Crippen molar-refractivity contribution in [1.29, 1.82) is 0 Å². The molecule has 1 atom stereocenters. The molecule has 0 spiro atoms. The minimum absolute atomic E-state index is 0.232. The maximum atomic E-state index is 5.92. The van der Waals surface area contributed by atoms with Crippen molar-refractivity contribution in [3.63, 3.8) is 0 Å². The molecule has 6 heteroatoms. The van der Waals surface area contributed by atoms with Crippen LogP contribution in [0.5, 0.6) is 5.75 Å². The van der Waals surface area contributed by atoms with Gasteiger partial charge in [0, 0.05) is 25.4 Å². The van der Waals surface area contributed by atoms with E-state index in [9.17, 15) is 0 Å². The van der Waals surface area contributed by atoms with E-state index in [1.54, 1.807) is 14.2 Å². The van der Waals surface area contributed by atoms with Gasteiger partial charge in [0.25, 0.3) is 0 Å². The van der Waals surface area contributed by atoms with Crippen LogP contribution in [0.2, 0.25) is 0 Å². The van der Waals surface area contributed by atoms with E-state index in [4.69, 9.17) is 15.2 Å². The zero-order valence-corrected chi connectivity index (χ0v) is 14.9. The minimum Gasteiger partial charge on any atom is -0.497 e. The first-order valence-electron chi connectivity index (χ1n) is 8.72. The quantitative estimate of drug-likeness (QED) is 0.870. The van der Waals surface area contributed by atoms with Crippen molar-refractivity contribution in [2.45, 2.75) is 25.3 Å². The molecule has 0 unspecified atom stereocenters. The number of hydrogen-bond donors (Lipinski definition) is 1. The van der Waals surface area contributed by atoms with Crippen LogP contribution in [0.25, 0.3) is 11.1 Å². The van der Waals surface area contributed by atoms with E-state index in [1.807, 2.05) is 24.4 Å². The van der Waals surface area contributed by atoms with Crippen molar-refractivity contribution in [3.05, 3.63) is 36.2 Å². The van der Waals surface area contributed by atoms with Crippen LogP contribution in [-0.4, -0.2) is 48.8 Å². The number of aromatic nitrogens is 2. The van der Waals surface area contributed by atoms with Crippen LogP contribution in [0.4, 0.5) is 5.95 Å². The molecule has 1 fully saturated rings. The average Bonchev–Trinajstić information content (AvgIpc) is 2.66. The number of nitrogens with two attached hydrogens (primary N) is 1. The molecule has 0 aliphatic carbocycles. The van der Waals surface area contributed by atoms with E-state index >= 15 is 0 Å². The molecule has 1 saturated heterocycles. The monoisotopic (exact) mass is 342 g/mol. The van der Waals surface area contributed by atoms with E-state index in [0.29, 0.717) is 12.6 Å². The number of nitrogens with zero attached hydrogens (tertiary/aromatic N) is 3. The molecule has 1 aliphatic heterocycles. The predicted molar refractivity (Wildman–Crippen MR) is 98.5 cm³/mol. The third-order valence-corrected chi connectivity index (χ3v) is 4.73. The van der Waals surface area contributed by atoms with Crippen molar-refractivity contribution >= 4 is 5.95 Å². The summed E-state index contributed by atoms with van der Waals surface area (Å²) in [5.74, 6) is 1.14. The fourth-order valence-corrected chi connectivity index (χ4v) is 3.45. The van der Waals surface area contributed by atoms with Gasteiger partial charge in [0.15, 0.2) is 0 Å². The van der Waals surface area contributed by atoms with Crippen molar-refractivity contribution in [2.75, 3.05) is 39.6 Å². The zero-order valence-electron chi connectivity index (χ0n) is 14.9. The summed E-state index contributed by atoms with van der Waals surface area (Å²) >= 11 is 0. The number of likely N-dealkylation sites (tertiary alicyclic amines) is 1. The second-order valence-corrected chi connectivity index (χ2v) is 6.30. The van der Waals surface area contributed by atoms with Gasteiger partial charge in [0.05, 0.1) is 25.5 Å². The number of methoxy groups -OCH3 is 2. The Kier molecular flexibility index (Phi) is 5.83. The fourth-order valence-electron chi connectivity index (χ4n) is 3.45. The van der Waals surface area contributed by atoms with E-state index in [1.165, 1.54) is 12.8 Å². The van der Waals surface area contributed by atoms with Gasteiger partial charge in [0.2, 0.25) is 5.95 Å². The molecular formula is C19H26N4O2. The average molecular weight is 342 g/mol. The van der Waals surface area contributed by atoms with Gasteiger partial charge >= 0.3 is 0 Å². The highest BCUT2D eigenvalue weighted by atomic mass is 16.5. The number of benzene rings is 1. The Labute approximate surface area is 149 Å². The Morgan fingerprint density at radius 3 is 2.96 bits per heavy atom. The molecular weight excluding hydrogens is 316 g/mol. The molecule has 3 rings (SSSR count). The Bertz CT molecular complexity index is 708. The number of anilines is 1. The van der Waals surface area contributed by atoms with Gasteiger partial charge in [-0.3, -0.25) is 4.90 Å². The summed E-state index contributed by atoms with van der Waals surface area (Å²) in [5, 5.41) is 0. The number of rotatable bonds is 6. The number of hydrogen-bond acceptors (Lipinski definition) is 6. The van der Waals surface area contributed by atoms with Gasteiger partial charge in [-0.1, -0.05) is 18.6 Å². The van der Waals surface area contributed by atoms with Gasteiger partial charge in [0.1, 0.15) is 5.75 Å². The molecule has 2 aromatic rings. The topological polar surface area (TPSA) is 73.5 Å². The first-order valence-corrected chi connectivity index (χ1v) is 8.72. The molecule has 1 aromatic carbocycles. The van der Waals surface area contributed by atoms with Crippen LogP contribution in [0.15, 0.2) is 30.5 Å². The van der Waals surface area contributed by atoms with Crippen molar-refractivity contribution in [1.82, 2.24) is 14.9 Å². The Morgan fingerprint density at radius 2 is 2.16 bits per heavy atom. The molecule has 0 bridgehead atoms. The highest BCUT2D eigenvalue weighted by Gasteiger charge is 2.27. The summed E-state index contributed by atoms with van der Waals surface area (Å²) in [5.41, 5.74) is 8.98. The van der Waals surface area contributed by atoms with E-state index < -0.39 is 0 Å².